The molecule has 0 aromatic heterocycles. The smallest absolute Gasteiger partial charge is 0.313 e. The Hall–Kier alpha value is -1.90. The lowest BCUT2D eigenvalue weighted by Crippen LogP contribution is -2.11. The summed E-state index contributed by atoms with van der Waals surface area (Å²) in [6.45, 7) is 9.05. The fraction of sp³-hybridized carbons (Fsp3) is 0.762. The van der Waals surface area contributed by atoms with Gasteiger partial charge in [0.25, 0.3) is 0 Å². The summed E-state index contributed by atoms with van der Waals surface area (Å²) in [6.07, 6.45) is 45.8. The highest BCUT2D eigenvalue weighted by Gasteiger charge is 2.09. The van der Waals surface area contributed by atoms with E-state index in [4.69, 9.17) is 4.74 Å². The second-order valence-electron chi connectivity index (χ2n) is 13.3. The summed E-state index contributed by atoms with van der Waals surface area (Å²) in [5, 5.41) is 0. The number of esters is 2. The molecule has 0 saturated heterocycles. The van der Waals surface area contributed by atoms with Gasteiger partial charge in [0.05, 0.1) is 0 Å². The molecule has 0 aliphatic carbocycles. The Morgan fingerprint density at radius 3 is 1.13 bits per heavy atom. The predicted octanol–water partition coefficient (Wildman–Crippen LogP) is 14.0. The van der Waals surface area contributed by atoms with Crippen LogP contribution in [0.3, 0.4) is 0 Å². The summed E-state index contributed by atoms with van der Waals surface area (Å²) in [5.41, 5.74) is 3.02. The molecule has 0 atom stereocenters. The summed E-state index contributed by atoms with van der Waals surface area (Å²) in [4.78, 5) is 24.0. The van der Waals surface area contributed by atoms with Crippen molar-refractivity contribution in [3.63, 3.8) is 0 Å². The van der Waals surface area contributed by atoms with Gasteiger partial charge in [0.15, 0.2) is 0 Å². The van der Waals surface area contributed by atoms with E-state index in [0.717, 1.165) is 89.9 Å². The van der Waals surface area contributed by atoms with Crippen molar-refractivity contribution in [3.05, 3.63) is 47.6 Å². The van der Waals surface area contributed by atoms with Crippen LogP contribution in [-0.2, 0) is 14.3 Å². The molecule has 0 N–H and O–H groups in total. The monoisotopic (exact) mass is 627 g/mol. The van der Waals surface area contributed by atoms with Crippen LogP contribution >= 0.6 is 0 Å². The molecule has 0 rings (SSSR count). The maximum Gasteiger partial charge on any atom is 0.313 e. The van der Waals surface area contributed by atoms with Gasteiger partial charge in [0.1, 0.15) is 0 Å². The van der Waals surface area contributed by atoms with Crippen molar-refractivity contribution in [1.29, 1.82) is 0 Å². The Balaban J connectivity index is 3.59. The number of ether oxygens (including phenoxy) is 1. The van der Waals surface area contributed by atoms with Crippen molar-refractivity contribution in [2.24, 2.45) is 0 Å². The standard InChI is InChI=1S/C42H74O3/c1-5-7-9-11-12-13-14-15-16-17-18-19-20-21-22-24-29-37-41(43)45-42(44)38-30-26-25-28-34-40(4)36-32-31-35-39(3)33-27-23-10-8-6-2/h14-15,18-19,35-36H,5-13,16-17,20-34,37-38H2,1-4H3. The molecule has 45 heavy (non-hydrogen) atoms. The highest BCUT2D eigenvalue weighted by molar-refractivity contribution is 5.85. The third-order valence-corrected chi connectivity index (χ3v) is 8.57. The molecular weight excluding hydrogens is 552 g/mol. The van der Waals surface area contributed by atoms with Gasteiger partial charge in [-0.3, -0.25) is 9.59 Å². The van der Waals surface area contributed by atoms with Gasteiger partial charge < -0.3 is 4.74 Å². The van der Waals surface area contributed by atoms with Crippen molar-refractivity contribution in [2.45, 2.75) is 207 Å². The fourth-order valence-electron chi connectivity index (χ4n) is 5.54. The Morgan fingerprint density at radius 2 is 0.733 bits per heavy atom. The molecule has 3 nitrogen and oxygen atoms in total. The lowest BCUT2D eigenvalue weighted by Gasteiger charge is -2.04. The molecule has 0 bridgehead atoms. The molecule has 0 aromatic carbocycles. The summed E-state index contributed by atoms with van der Waals surface area (Å²) in [7, 11) is 0. The van der Waals surface area contributed by atoms with Crippen molar-refractivity contribution in [1.82, 2.24) is 0 Å². The van der Waals surface area contributed by atoms with Gasteiger partial charge in [-0.25, -0.2) is 0 Å². The molecule has 0 aliphatic rings. The Kier molecular flexibility index (Phi) is 33.5. The van der Waals surface area contributed by atoms with E-state index in [9.17, 15) is 9.59 Å². The van der Waals surface area contributed by atoms with Gasteiger partial charge in [0, 0.05) is 12.8 Å². The second kappa shape index (κ2) is 35.0. The van der Waals surface area contributed by atoms with E-state index in [-0.39, 0.29) is 11.9 Å². The summed E-state index contributed by atoms with van der Waals surface area (Å²) in [5.74, 6) is -0.709. The fourth-order valence-corrected chi connectivity index (χ4v) is 5.54. The van der Waals surface area contributed by atoms with Crippen molar-refractivity contribution in [3.8, 4) is 0 Å². The first-order chi connectivity index (χ1) is 22.0. The minimum atomic E-state index is -0.355. The largest absolute Gasteiger partial charge is 0.393 e. The molecule has 0 unspecified atom stereocenters. The maximum atomic E-state index is 12.0. The highest BCUT2D eigenvalue weighted by atomic mass is 16.6. The SMILES string of the molecule is CCCCCCCC=CCCC=CCCCCCCC(=O)OC(=O)CCCCCCC(C)=CCCC=C(C)CCCCCCC. The summed E-state index contributed by atoms with van der Waals surface area (Å²) < 4.78 is 5.02. The number of hydrogen-bond donors (Lipinski definition) is 0. The first kappa shape index (κ1) is 43.1. The molecule has 0 saturated carbocycles. The Labute approximate surface area is 280 Å². The van der Waals surface area contributed by atoms with Gasteiger partial charge in [-0.2, -0.15) is 0 Å². The number of rotatable bonds is 32. The van der Waals surface area contributed by atoms with Gasteiger partial charge in [-0.1, -0.05) is 138 Å². The lowest BCUT2D eigenvalue weighted by molar-refractivity contribution is -0.159. The van der Waals surface area contributed by atoms with E-state index in [0.29, 0.717) is 12.8 Å². The van der Waals surface area contributed by atoms with E-state index in [1.807, 2.05) is 0 Å². The quantitative estimate of drug-likeness (QED) is 0.0323. The average Bonchev–Trinajstić information content (AvgIpc) is 3.02. The van der Waals surface area contributed by atoms with Crippen LogP contribution in [0.25, 0.3) is 0 Å². The molecule has 260 valence electrons. The Bertz CT molecular complexity index is 801. The zero-order chi connectivity index (χ0) is 33.1. The average molecular weight is 627 g/mol. The summed E-state index contributed by atoms with van der Waals surface area (Å²) in [6, 6.07) is 0. The van der Waals surface area contributed by atoms with Gasteiger partial charge in [-0.05, 0) is 104 Å². The normalized spacial score (nSPS) is 12.5. The molecule has 0 radical (unpaired) electrons. The third kappa shape index (κ3) is 34.8. The van der Waals surface area contributed by atoms with Crippen molar-refractivity contribution >= 4 is 11.9 Å². The van der Waals surface area contributed by atoms with Crippen LogP contribution in [0.4, 0.5) is 0 Å². The van der Waals surface area contributed by atoms with Crippen LogP contribution in [0, 0.1) is 0 Å². The zero-order valence-electron chi connectivity index (χ0n) is 30.5. The topological polar surface area (TPSA) is 43.4 Å². The number of hydrogen-bond acceptors (Lipinski definition) is 3. The van der Waals surface area contributed by atoms with Gasteiger partial charge in [-0.15, -0.1) is 0 Å². The van der Waals surface area contributed by atoms with E-state index in [1.165, 1.54) is 82.6 Å². The molecule has 0 fully saturated rings. The van der Waals surface area contributed by atoms with E-state index < -0.39 is 0 Å². The van der Waals surface area contributed by atoms with Crippen LogP contribution in [0.5, 0.6) is 0 Å². The number of carbonyl (C=O) groups is 2. The number of unbranched alkanes of at least 4 members (excludes halogenated alkanes) is 18. The molecule has 0 amide bonds. The van der Waals surface area contributed by atoms with Crippen LogP contribution in [0.15, 0.2) is 47.6 Å². The first-order valence-corrected chi connectivity index (χ1v) is 19.3. The van der Waals surface area contributed by atoms with Gasteiger partial charge in [0.2, 0.25) is 0 Å². The van der Waals surface area contributed by atoms with Crippen LogP contribution < -0.4 is 0 Å². The molecular formula is C42H74O3. The molecule has 3 heteroatoms. The van der Waals surface area contributed by atoms with Crippen molar-refractivity contribution < 1.29 is 14.3 Å². The minimum Gasteiger partial charge on any atom is -0.393 e. The highest BCUT2D eigenvalue weighted by Crippen LogP contribution is 2.15. The molecule has 0 aromatic rings. The van der Waals surface area contributed by atoms with Gasteiger partial charge >= 0.3 is 11.9 Å². The zero-order valence-corrected chi connectivity index (χ0v) is 30.5. The molecule has 0 heterocycles. The minimum absolute atomic E-state index is 0.353. The Morgan fingerprint density at radius 1 is 0.400 bits per heavy atom. The van der Waals surface area contributed by atoms with E-state index in [1.54, 1.807) is 5.57 Å². The lowest BCUT2D eigenvalue weighted by atomic mass is 10.0. The predicted molar refractivity (Wildman–Crippen MR) is 198 cm³/mol. The van der Waals surface area contributed by atoms with Crippen molar-refractivity contribution in [2.75, 3.05) is 0 Å². The number of carbonyl (C=O) groups excluding carboxylic acids is 2. The second-order valence-corrected chi connectivity index (χ2v) is 13.3. The van der Waals surface area contributed by atoms with E-state index >= 15 is 0 Å². The maximum absolute atomic E-state index is 12.0. The summed E-state index contributed by atoms with van der Waals surface area (Å²) >= 11 is 0. The molecule has 0 spiro atoms. The van der Waals surface area contributed by atoms with E-state index in [2.05, 4.69) is 64.2 Å². The van der Waals surface area contributed by atoms with Crippen LogP contribution in [0.2, 0.25) is 0 Å². The molecule has 0 aliphatic heterocycles. The first-order valence-electron chi connectivity index (χ1n) is 19.3. The van der Waals surface area contributed by atoms with Crippen LogP contribution in [0.1, 0.15) is 207 Å². The number of allylic oxidation sites excluding steroid dienone is 8. The third-order valence-electron chi connectivity index (χ3n) is 8.57. The van der Waals surface area contributed by atoms with Crippen LogP contribution in [-0.4, -0.2) is 11.9 Å².